The van der Waals surface area contributed by atoms with E-state index in [-0.39, 0.29) is 5.82 Å². The summed E-state index contributed by atoms with van der Waals surface area (Å²) in [5, 5.41) is 4.36. The van der Waals surface area contributed by atoms with Gasteiger partial charge in [-0.25, -0.2) is 4.39 Å². The summed E-state index contributed by atoms with van der Waals surface area (Å²) >= 11 is 0. The van der Waals surface area contributed by atoms with Crippen LogP contribution in [-0.4, -0.2) is 33.8 Å². The molecule has 0 amide bonds. The summed E-state index contributed by atoms with van der Waals surface area (Å²) in [7, 11) is 0. The molecule has 1 aromatic heterocycles. The quantitative estimate of drug-likeness (QED) is 0.921. The average Bonchev–Trinajstić information content (AvgIpc) is 3.02. The molecule has 1 aliphatic heterocycles. The number of hydrogen-bond donors (Lipinski definition) is 1. The molecule has 2 N–H and O–H groups in total. The number of benzene rings is 1. The van der Waals surface area contributed by atoms with Crippen LogP contribution in [0.4, 0.5) is 4.39 Å². The molecule has 1 saturated heterocycles. The van der Waals surface area contributed by atoms with E-state index in [4.69, 9.17) is 5.73 Å². The van der Waals surface area contributed by atoms with Crippen molar-refractivity contribution in [2.24, 2.45) is 5.73 Å². The van der Waals surface area contributed by atoms with Crippen molar-refractivity contribution in [1.82, 2.24) is 14.7 Å². The SMILES string of the molecule is NC1CCN(Cc2cnn(Cc3ccc(F)cc3)c2)C1. The Balaban J connectivity index is 1.60. The lowest BCUT2D eigenvalue weighted by Crippen LogP contribution is -2.26. The molecule has 2 aromatic rings. The molecule has 106 valence electrons. The zero-order valence-electron chi connectivity index (χ0n) is 11.4. The fraction of sp³-hybridized carbons (Fsp3) is 0.400. The van der Waals surface area contributed by atoms with Gasteiger partial charge in [0.2, 0.25) is 0 Å². The molecule has 4 nitrogen and oxygen atoms in total. The molecular weight excluding hydrogens is 255 g/mol. The van der Waals surface area contributed by atoms with E-state index in [1.54, 1.807) is 12.1 Å². The summed E-state index contributed by atoms with van der Waals surface area (Å²) in [4.78, 5) is 2.35. The minimum atomic E-state index is -0.208. The van der Waals surface area contributed by atoms with E-state index in [1.807, 2.05) is 17.1 Å². The van der Waals surface area contributed by atoms with Crippen LogP contribution in [0.2, 0.25) is 0 Å². The first-order valence-corrected chi connectivity index (χ1v) is 6.93. The molecule has 2 heterocycles. The first kappa shape index (κ1) is 13.3. The van der Waals surface area contributed by atoms with Gasteiger partial charge in [-0.15, -0.1) is 0 Å². The number of halogens is 1. The number of likely N-dealkylation sites (tertiary alicyclic amines) is 1. The Kier molecular flexibility index (Phi) is 3.80. The number of nitrogens with two attached hydrogens (primary N) is 1. The maximum atomic E-state index is 12.9. The summed E-state index contributed by atoms with van der Waals surface area (Å²) in [6.07, 6.45) is 5.02. The van der Waals surface area contributed by atoms with Crippen molar-refractivity contribution >= 4 is 0 Å². The average molecular weight is 274 g/mol. The first-order chi connectivity index (χ1) is 9.69. The lowest BCUT2D eigenvalue weighted by Gasteiger charge is -2.13. The minimum Gasteiger partial charge on any atom is -0.326 e. The normalized spacial score (nSPS) is 19.6. The van der Waals surface area contributed by atoms with Crippen LogP contribution in [0, 0.1) is 5.82 Å². The maximum Gasteiger partial charge on any atom is 0.123 e. The third-order valence-electron chi connectivity index (χ3n) is 3.66. The van der Waals surface area contributed by atoms with Gasteiger partial charge in [0.05, 0.1) is 12.7 Å². The van der Waals surface area contributed by atoms with Gasteiger partial charge in [0.25, 0.3) is 0 Å². The molecule has 20 heavy (non-hydrogen) atoms. The topological polar surface area (TPSA) is 47.1 Å². The molecule has 1 unspecified atom stereocenters. The lowest BCUT2D eigenvalue weighted by molar-refractivity contribution is 0.327. The van der Waals surface area contributed by atoms with Gasteiger partial charge in [-0.05, 0) is 24.1 Å². The van der Waals surface area contributed by atoms with E-state index in [2.05, 4.69) is 10.00 Å². The van der Waals surface area contributed by atoms with Gasteiger partial charge in [-0.3, -0.25) is 9.58 Å². The Hall–Kier alpha value is -1.72. The molecule has 0 aliphatic carbocycles. The summed E-state index contributed by atoms with van der Waals surface area (Å²) in [6.45, 7) is 3.59. The van der Waals surface area contributed by atoms with E-state index < -0.39 is 0 Å². The maximum absolute atomic E-state index is 12.9. The highest BCUT2D eigenvalue weighted by atomic mass is 19.1. The van der Waals surface area contributed by atoms with Crippen molar-refractivity contribution in [2.75, 3.05) is 13.1 Å². The molecule has 5 heteroatoms. The Morgan fingerprint density at radius 2 is 2.00 bits per heavy atom. The number of hydrogen-bond acceptors (Lipinski definition) is 3. The predicted molar refractivity (Wildman–Crippen MR) is 75.6 cm³/mol. The van der Waals surface area contributed by atoms with Crippen LogP contribution in [0.25, 0.3) is 0 Å². The molecule has 1 atom stereocenters. The smallest absolute Gasteiger partial charge is 0.123 e. The van der Waals surface area contributed by atoms with Gasteiger partial charge in [-0.1, -0.05) is 12.1 Å². The molecule has 1 aliphatic rings. The fourth-order valence-electron chi connectivity index (χ4n) is 2.62. The van der Waals surface area contributed by atoms with E-state index in [0.29, 0.717) is 12.6 Å². The molecule has 0 saturated carbocycles. The van der Waals surface area contributed by atoms with Crippen LogP contribution in [0.3, 0.4) is 0 Å². The minimum absolute atomic E-state index is 0.208. The second-order valence-electron chi connectivity index (χ2n) is 5.46. The Labute approximate surface area is 118 Å². The van der Waals surface area contributed by atoms with Crippen LogP contribution in [0.15, 0.2) is 36.7 Å². The fourth-order valence-corrected chi connectivity index (χ4v) is 2.62. The van der Waals surface area contributed by atoms with E-state index in [1.165, 1.54) is 17.7 Å². The molecule has 0 bridgehead atoms. The van der Waals surface area contributed by atoms with Crippen molar-refractivity contribution in [3.63, 3.8) is 0 Å². The van der Waals surface area contributed by atoms with Gasteiger partial charge in [0.1, 0.15) is 5.82 Å². The van der Waals surface area contributed by atoms with Crippen molar-refractivity contribution in [3.8, 4) is 0 Å². The lowest BCUT2D eigenvalue weighted by atomic mass is 10.2. The Morgan fingerprint density at radius 3 is 2.70 bits per heavy atom. The van der Waals surface area contributed by atoms with Gasteiger partial charge in [0, 0.05) is 37.4 Å². The van der Waals surface area contributed by atoms with Crippen molar-refractivity contribution in [1.29, 1.82) is 0 Å². The first-order valence-electron chi connectivity index (χ1n) is 6.93. The highest BCUT2D eigenvalue weighted by Crippen LogP contribution is 2.12. The largest absolute Gasteiger partial charge is 0.326 e. The molecule has 3 rings (SSSR count). The second-order valence-corrected chi connectivity index (χ2v) is 5.46. The standard InChI is InChI=1S/C15H19FN4/c16-14-3-1-12(2-4-14)9-20-10-13(7-18-20)8-19-6-5-15(17)11-19/h1-4,7,10,15H,5-6,8-9,11,17H2. The third-order valence-corrected chi connectivity index (χ3v) is 3.66. The van der Waals surface area contributed by atoms with Gasteiger partial charge < -0.3 is 5.73 Å². The van der Waals surface area contributed by atoms with Crippen LogP contribution < -0.4 is 5.73 Å². The summed E-state index contributed by atoms with van der Waals surface area (Å²) in [5.41, 5.74) is 8.15. The summed E-state index contributed by atoms with van der Waals surface area (Å²) < 4.78 is 14.7. The summed E-state index contributed by atoms with van der Waals surface area (Å²) in [5.74, 6) is -0.208. The molecule has 1 aromatic carbocycles. The molecule has 1 fully saturated rings. The molecule has 0 radical (unpaired) electrons. The highest BCUT2D eigenvalue weighted by molar-refractivity contribution is 5.16. The van der Waals surface area contributed by atoms with Crippen molar-refractivity contribution in [2.45, 2.75) is 25.6 Å². The number of nitrogens with zero attached hydrogens (tertiary/aromatic N) is 3. The zero-order chi connectivity index (χ0) is 13.9. The predicted octanol–water partition coefficient (Wildman–Crippen LogP) is 1.60. The summed E-state index contributed by atoms with van der Waals surface area (Å²) in [6, 6.07) is 6.84. The molecular formula is C15H19FN4. The van der Waals surface area contributed by atoms with E-state index in [9.17, 15) is 4.39 Å². The second kappa shape index (κ2) is 5.73. The van der Waals surface area contributed by atoms with Crippen LogP contribution >= 0.6 is 0 Å². The van der Waals surface area contributed by atoms with Gasteiger partial charge >= 0.3 is 0 Å². The van der Waals surface area contributed by atoms with Crippen molar-refractivity contribution in [3.05, 3.63) is 53.6 Å². The van der Waals surface area contributed by atoms with Crippen LogP contribution in [0.5, 0.6) is 0 Å². The van der Waals surface area contributed by atoms with E-state index in [0.717, 1.165) is 31.6 Å². The van der Waals surface area contributed by atoms with Crippen molar-refractivity contribution < 1.29 is 4.39 Å². The highest BCUT2D eigenvalue weighted by Gasteiger charge is 2.19. The van der Waals surface area contributed by atoms with Gasteiger partial charge in [-0.2, -0.15) is 5.10 Å². The number of rotatable bonds is 4. The monoisotopic (exact) mass is 274 g/mol. The van der Waals surface area contributed by atoms with Crippen LogP contribution in [-0.2, 0) is 13.1 Å². The Morgan fingerprint density at radius 1 is 1.20 bits per heavy atom. The number of aromatic nitrogens is 2. The Bertz CT molecular complexity index is 564. The molecule has 0 spiro atoms. The zero-order valence-corrected chi connectivity index (χ0v) is 11.4. The van der Waals surface area contributed by atoms with Crippen LogP contribution in [0.1, 0.15) is 17.5 Å². The van der Waals surface area contributed by atoms with E-state index >= 15 is 0 Å². The third kappa shape index (κ3) is 3.23. The van der Waals surface area contributed by atoms with Gasteiger partial charge in [0.15, 0.2) is 0 Å².